The van der Waals surface area contributed by atoms with Crippen LogP contribution < -0.4 is 4.74 Å². The third-order valence-electron chi connectivity index (χ3n) is 4.09. The number of para-hydroxylation sites is 1. The van der Waals surface area contributed by atoms with Crippen LogP contribution in [0, 0.1) is 17.8 Å². The zero-order valence-electron chi connectivity index (χ0n) is 15.6. The summed E-state index contributed by atoms with van der Waals surface area (Å²) in [6, 6.07) is 17.3. The van der Waals surface area contributed by atoms with E-state index in [2.05, 4.69) is 27.7 Å². The van der Waals surface area contributed by atoms with Crippen LogP contribution >= 0.6 is 0 Å². The van der Waals surface area contributed by atoms with E-state index in [9.17, 15) is 4.79 Å². The van der Waals surface area contributed by atoms with Gasteiger partial charge in [-0.15, -0.1) is 0 Å². The summed E-state index contributed by atoms with van der Waals surface area (Å²) >= 11 is 0. The molecular weight excluding hydrogens is 312 g/mol. The lowest BCUT2D eigenvalue weighted by Crippen LogP contribution is -2.24. The Morgan fingerprint density at radius 1 is 0.920 bits per heavy atom. The van der Waals surface area contributed by atoms with Crippen molar-refractivity contribution in [2.24, 2.45) is 17.8 Å². The van der Waals surface area contributed by atoms with Crippen LogP contribution in [0.15, 0.2) is 54.6 Å². The first-order valence-corrected chi connectivity index (χ1v) is 8.94. The van der Waals surface area contributed by atoms with Gasteiger partial charge in [0.1, 0.15) is 18.1 Å². The summed E-state index contributed by atoms with van der Waals surface area (Å²) in [4.78, 5) is 12.4. The number of rotatable bonds is 8. The molecule has 0 aliphatic rings. The van der Waals surface area contributed by atoms with E-state index in [0.29, 0.717) is 5.92 Å². The lowest BCUT2D eigenvalue weighted by Gasteiger charge is -2.21. The molecule has 25 heavy (non-hydrogen) atoms. The van der Waals surface area contributed by atoms with Gasteiger partial charge < -0.3 is 9.47 Å². The topological polar surface area (TPSA) is 35.5 Å². The van der Waals surface area contributed by atoms with Crippen molar-refractivity contribution >= 4 is 5.97 Å². The number of hydrogen-bond donors (Lipinski definition) is 0. The van der Waals surface area contributed by atoms with E-state index in [4.69, 9.17) is 9.47 Å². The molecule has 1 atom stereocenters. The van der Waals surface area contributed by atoms with Crippen LogP contribution in [0.4, 0.5) is 0 Å². The Kier molecular flexibility index (Phi) is 7.05. The molecule has 134 valence electrons. The van der Waals surface area contributed by atoms with E-state index in [1.807, 2.05) is 54.6 Å². The highest BCUT2D eigenvalue weighted by molar-refractivity contribution is 5.72. The van der Waals surface area contributed by atoms with Crippen molar-refractivity contribution in [2.75, 3.05) is 0 Å². The number of esters is 1. The molecule has 0 bridgehead atoms. The minimum absolute atomic E-state index is 0.0521. The first-order chi connectivity index (χ1) is 12.0. The van der Waals surface area contributed by atoms with Gasteiger partial charge in [-0.25, -0.2) is 0 Å². The van der Waals surface area contributed by atoms with E-state index >= 15 is 0 Å². The molecule has 0 saturated heterocycles. The molecule has 0 saturated carbocycles. The van der Waals surface area contributed by atoms with Crippen molar-refractivity contribution in [2.45, 2.75) is 40.7 Å². The van der Waals surface area contributed by atoms with Crippen LogP contribution in [0.25, 0.3) is 0 Å². The second-order valence-electron chi connectivity index (χ2n) is 7.15. The molecule has 0 spiro atoms. The van der Waals surface area contributed by atoms with Gasteiger partial charge in [-0.2, -0.15) is 0 Å². The van der Waals surface area contributed by atoms with Gasteiger partial charge in [-0.1, -0.05) is 58.0 Å². The lowest BCUT2D eigenvalue weighted by atomic mass is 9.88. The van der Waals surface area contributed by atoms with Crippen molar-refractivity contribution in [3.63, 3.8) is 0 Å². The fraction of sp³-hybridized carbons (Fsp3) is 0.409. The highest BCUT2D eigenvalue weighted by Crippen LogP contribution is 2.24. The van der Waals surface area contributed by atoms with Gasteiger partial charge in [0.2, 0.25) is 0 Å². The van der Waals surface area contributed by atoms with Gasteiger partial charge in [0.05, 0.1) is 5.92 Å². The summed E-state index contributed by atoms with van der Waals surface area (Å²) in [6.45, 7) is 8.68. The second kappa shape index (κ2) is 9.26. The quantitative estimate of drug-likeness (QED) is 0.566. The van der Waals surface area contributed by atoms with Gasteiger partial charge in [0.15, 0.2) is 0 Å². The van der Waals surface area contributed by atoms with E-state index < -0.39 is 0 Å². The van der Waals surface area contributed by atoms with Gasteiger partial charge in [-0.05, 0) is 48.1 Å². The van der Waals surface area contributed by atoms with Crippen LogP contribution in [-0.2, 0) is 16.1 Å². The number of carbonyl (C=O) groups excluding carboxylic acids is 1. The van der Waals surface area contributed by atoms with Crippen molar-refractivity contribution in [1.29, 1.82) is 0 Å². The predicted octanol–water partition coefficient (Wildman–Crippen LogP) is 5.84. The first-order valence-electron chi connectivity index (χ1n) is 8.94. The minimum Gasteiger partial charge on any atom is -0.461 e. The second-order valence-corrected chi connectivity index (χ2v) is 7.15. The van der Waals surface area contributed by atoms with Gasteiger partial charge >= 0.3 is 5.97 Å². The summed E-state index contributed by atoms with van der Waals surface area (Å²) in [6.07, 6.45) is 0.855. The minimum atomic E-state index is -0.113. The Balaban J connectivity index is 1.96. The highest BCUT2D eigenvalue weighted by atomic mass is 16.5. The maximum Gasteiger partial charge on any atom is 0.309 e. The van der Waals surface area contributed by atoms with Crippen LogP contribution in [0.3, 0.4) is 0 Å². The molecule has 0 amide bonds. The third-order valence-corrected chi connectivity index (χ3v) is 4.09. The number of benzene rings is 2. The Morgan fingerprint density at radius 3 is 2.24 bits per heavy atom. The summed E-state index contributed by atoms with van der Waals surface area (Å²) in [5, 5.41) is 0. The van der Waals surface area contributed by atoms with Crippen molar-refractivity contribution in [1.82, 2.24) is 0 Å². The summed E-state index contributed by atoms with van der Waals surface area (Å²) in [7, 11) is 0. The molecular formula is C22H28O3. The number of ether oxygens (including phenoxy) is 2. The van der Waals surface area contributed by atoms with E-state index in [-0.39, 0.29) is 24.4 Å². The van der Waals surface area contributed by atoms with Gasteiger partial charge in [0.25, 0.3) is 0 Å². The molecule has 3 nitrogen and oxygen atoms in total. The van der Waals surface area contributed by atoms with Crippen molar-refractivity contribution in [3.8, 4) is 11.5 Å². The van der Waals surface area contributed by atoms with Crippen LogP contribution in [0.2, 0.25) is 0 Å². The number of carbonyl (C=O) groups is 1. The molecule has 0 aliphatic carbocycles. The zero-order valence-corrected chi connectivity index (χ0v) is 15.6. The standard InChI is InChI=1S/C22H28O3/c1-16(2)13-21(17(3)4)22(23)24-15-18-9-8-12-20(14-18)25-19-10-6-5-7-11-19/h5-12,14,16-17,21H,13,15H2,1-4H3. The largest absolute Gasteiger partial charge is 0.461 e. The fourth-order valence-corrected chi connectivity index (χ4v) is 2.73. The Morgan fingerprint density at radius 2 is 1.60 bits per heavy atom. The van der Waals surface area contributed by atoms with Crippen LogP contribution in [0.1, 0.15) is 39.7 Å². The average molecular weight is 340 g/mol. The fourth-order valence-electron chi connectivity index (χ4n) is 2.73. The molecule has 3 heteroatoms. The molecule has 2 aromatic carbocycles. The molecule has 0 aliphatic heterocycles. The lowest BCUT2D eigenvalue weighted by molar-refractivity contribution is -0.152. The van der Waals surface area contributed by atoms with E-state index in [1.165, 1.54) is 0 Å². The molecule has 0 radical (unpaired) electrons. The summed E-state index contributed by atoms with van der Waals surface area (Å²) < 4.78 is 11.4. The number of hydrogen-bond acceptors (Lipinski definition) is 3. The summed E-state index contributed by atoms with van der Waals surface area (Å²) in [5.74, 6) is 2.11. The van der Waals surface area contributed by atoms with E-state index in [0.717, 1.165) is 23.5 Å². The Labute approximate surface area is 151 Å². The smallest absolute Gasteiger partial charge is 0.309 e. The van der Waals surface area contributed by atoms with Gasteiger partial charge in [-0.3, -0.25) is 4.79 Å². The van der Waals surface area contributed by atoms with Crippen molar-refractivity contribution < 1.29 is 14.3 Å². The van der Waals surface area contributed by atoms with Crippen LogP contribution in [-0.4, -0.2) is 5.97 Å². The SMILES string of the molecule is CC(C)CC(C(=O)OCc1cccc(Oc2ccccc2)c1)C(C)C. The molecule has 1 unspecified atom stereocenters. The monoisotopic (exact) mass is 340 g/mol. The Bertz CT molecular complexity index is 662. The summed E-state index contributed by atoms with van der Waals surface area (Å²) in [5.41, 5.74) is 0.925. The first kappa shape index (κ1) is 19.0. The van der Waals surface area contributed by atoms with Crippen LogP contribution in [0.5, 0.6) is 11.5 Å². The van der Waals surface area contributed by atoms with Crippen molar-refractivity contribution in [3.05, 3.63) is 60.2 Å². The molecule has 2 aromatic rings. The maximum atomic E-state index is 12.4. The average Bonchev–Trinajstić information content (AvgIpc) is 2.58. The Hall–Kier alpha value is -2.29. The normalized spacial score (nSPS) is 12.2. The maximum absolute atomic E-state index is 12.4. The third kappa shape index (κ3) is 6.26. The van der Waals surface area contributed by atoms with E-state index in [1.54, 1.807) is 0 Å². The molecule has 0 N–H and O–H groups in total. The molecule has 2 rings (SSSR count). The highest BCUT2D eigenvalue weighted by Gasteiger charge is 2.24. The molecule has 0 heterocycles. The predicted molar refractivity (Wildman–Crippen MR) is 101 cm³/mol. The van der Waals surface area contributed by atoms with Gasteiger partial charge in [0, 0.05) is 0 Å². The molecule has 0 aromatic heterocycles. The zero-order chi connectivity index (χ0) is 18.2. The molecule has 0 fully saturated rings.